The second-order valence-electron chi connectivity index (χ2n) is 5.39. The molecule has 0 spiro atoms. The van der Waals surface area contributed by atoms with Crippen LogP contribution in [0.2, 0.25) is 0 Å². The summed E-state index contributed by atoms with van der Waals surface area (Å²) in [5, 5.41) is 3.95. The van der Waals surface area contributed by atoms with Gasteiger partial charge in [-0.2, -0.15) is 5.10 Å². The average Bonchev–Trinajstić information content (AvgIpc) is 3.05. The first-order valence-electron chi connectivity index (χ1n) is 7.43. The molecular weight excluding hydrogens is 326 g/mol. The van der Waals surface area contributed by atoms with Crippen molar-refractivity contribution in [1.29, 1.82) is 0 Å². The van der Waals surface area contributed by atoms with Crippen LogP contribution >= 0.6 is 0 Å². The van der Waals surface area contributed by atoms with Gasteiger partial charge < -0.3 is 5.73 Å². The van der Waals surface area contributed by atoms with Crippen LogP contribution in [-0.2, 0) is 0 Å². The van der Waals surface area contributed by atoms with E-state index in [2.05, 4.69) is 20.1 Å². The van der Waals surface area contributed by atoms with Gasteiger partial charge in [-0.25, -0.2) is 28.2 Å². The maximum absolute atomic E-state index is 12.9. The van der Waals surface area contributed by atoms with E-state index >= 15 is 0 Å². The van der Waals surface area contributed by atoms with Crippen LogP contribution in [0.3, 0.4) is 0 Å². The van der Waals surface area contributed by atoms with Crippen LogP contribution in [-0.4, -0.2) is 24.6 Å². The largest absolute Gasteiger partial charge is 0.399 e. The van der Waals surface area contributed by atoms with Gasteiger partial charge in [0, 0.05) is 11.3 Å². The molecule has 0 atom stereocenters. The van der Waals surface area contributed by atoms with Crippen molar-refractivity contribution < 1.29 is 8.78 Å². The van der Waals surface area contributed by atoms with Crippen molar-refractivity contribution in [3.05, 3.63) is 60.7 Å². The van der Waals surface area contributed by atoms with E-state index in [4.69, 9.17) is 5.73 Å². The summed E-state index contributed by atoms with van der Waals surface area (Å²) in [7, 11) is 0. The third-order valence-corrected chi connectivity index (χ3v) is 3.72. The number of fused-ring (bicyclic) bond motifs is 1. The van der Waals surface area contributed by atoms with E-state index in [1.165, 1.54) is 23.0 Å². The van der Waals surface area contributed by atoms with Gasteiger partial charge in [-0.1, -0.05) is 12.1 Å². The highest BCUT2D eigenvalue weighted by atomic mass is 19.3. The Kier molecular flexibility index (Phi) is 3.57. The third kappa shape index (κ3) is 2.78. The summed E-state index contributed by atoms with van der Waals surface area (Å²) < 4.78 is 27.2. The summed E-state index contributed by atoms with van der Waals surface area (Å²) in [6, 6.07) is 11.8. The molecule has 2 N–H and O–H groups in total. The quantitative estimate of drug-likeness (QED) is 0.579. The number of alkyl halides is 2. The molecule has 3 heterocycles. The molecule has 0 aliphatic heterocycles. The summed E-state index contributed by atoms with van der Waals surface area (Å²) in [6.07, 6.45) is 0.292. The Morgan fingerprint density at radius 1 is 0.960 bits per heavy atom. The van der Waals surface area contributed by atoms with E-state index in [1.54, 1.807) is 24.4 Å². The number of halogens is 2. The van der Waals surface area contributed by atoms with Gasteiger partial charge in [0.2, 0.25) is 0 Å². The molecule has 0 saturated heterocycles. The lowest BCUT2D eigenvalue weighted by Crippen LogP contribution is -2.01. The van der Waals surface area contributed by atoms with Crippen LogP contribution in [0.4, 0.5) is 14.5 Å². The van der Waals surface area contributed by atoms with Crippen LogP contribution < -0.4 is 5.73 Å². The summed E-state index contributed by atoms with van der Waals surface area (Å²) in [6.45, 7) is 0. The fourth-order valence-electron chi connectivity index (χ4n) is 2.53. The number of nitrogen functional groups attached to an aromatic ring is 1. The second kappa shape index (κ2) is 5.90. The predicted molar refractivity (Wildman–Crippen MR) is 88.8 cm³/mol. The van der Waals surface area contributed by atoms with E-state index in [0.29, 0.717) is 28.4 Å². The van der Waals surface area contributed by atoms with Gasteiger partial charge in [0.15, 0.2) is 5.65 Å². The number of aromatic nitrogens is 5. The van der Waals surface area contributed by atoms with Gasteiger partial charge in [0.05, 0.1) is 17.6 Å². The van der Waals surface area contributed by atoms with E-state index in [9.17, 15) is 8.78 Å². The second-order valence-corrected chi connectivity index (χ2v) is 5.39. The number of benzene rings is 1. The van der Waals surface area contributed by atoms with Gasteiger partial charge in [-0.05, 0) is 30.3 Å². The SMILES string of the molecule is Nc1cccc(-c2cc(-c3cnc4ccc(C(F)F)nn34)ncn2)c1. The lowest BCUT2D eigenvalue weighted by Gasteiger charge is -2.05. The van der Waals surface area contributed by atoms with Crippen molar-refractivity contribution in [2.45, 2.75) is 6.43 Å². The zero-order chi connectivity index (χ0) is 17.4. The lowest BCUT2D eigenvalue weighted by atomic mass is 10.1. The number of hydrogen-bond donors (Lipinski definition) is 1. The molecule has 3 aromatic heterocycles. The summed E-state index contributed by atoms with van der Waals surface area (Å²) in [5.41, 5.74) is 9.10. The van der Waals surface area contributed by atoms with Gasteiger partial charge in [-0.3, -0.25) is 0 Å². The van der Waals surface area contributed by atoms with Crippen LogP contribution in [0.15, 0.2) is 55.0 Å². The van der Waals surface area contributed by atoms with Gasteiger partial charge in [0.1, 0.15) is 17.7 Å². The molecule has 0 aliphatic carbocycles. The van der Waals surface area contributed by atoms with E-state index < -0.39 is 6.43 Å². The van der Waals surface area contributed by atoms with Crippen molar-refractivity contribution in [3.63, 3.8) is 0 Å². The van der Waals surface area contributed by atoms with E-state index in [1.807, 2.05) is 12.1 Å². The standard InChI is InChI=1S/C17H12F2N6/c18-17(19)12-4-5-16-21-8-15(25(16)24-12)14-7-13(22-9-23-14)10-2-1-3-11(20)6-10/h1-9,17H,20H2. The fourth-order valence-corrected chi connectivity index (χ4v) is 2.53. The van der Waals surface area contributed by atoms with Crippen molar-refractivity contribution in [2.24, 2.45) is 0 Å². The molecule has 0 aliphatic rings. The molecule has 6 nitrogen and oxygen atoms in total. The molecule has 0 unspecified atom stereocenters. The fraction of sp³-hybridized carbons (Fsp3) is 0.0588. The minimum absolute atomic E-state index is 0.322. The normalized spacial score (nSPS) is 11.3. The minimum atomic E-state index is -2.66. The van der Waals surface area contributed by atoms with Gasteiger partial charge in [-0.15, -0.1) is 0 Å². The molecule has 1 aromatic carbocycles. The molecule has 4 rings (SSSR count). The van der Waals surface area contributed by atoms with Gasteiger partial charge in [0.25, 0.3) is 6.43 Å². The summed E-state index contributed by atoms with van der Waals surface area (Å²) >= 11 is 0. The average molecular weight is 338 g/mol. The Hall–Kier alpha value is -3.42. The Morgan fingerprint density at radius 2 is 1.80 bits per heavy atom. The first-order valence-corrected chi connectivity index (χ1v) is 7.43. The molecule has 0 radical (unpaired) electrons. The Labute approximate surface area is 141 Å². The maximum Gasteiger partial charge on any atom is 0.282 e. The molecule has 0 saturated carbocycles. The van der Waals surface area contributed by atoms with Crippen LogP contribution in [0, 0.1) is 0 Å². The Morgan fingerprint density at radius 3 is 2.60 bits per heavy atom. The number of hydrogen-bond acceptors (Lipinski definition) is 5. The first kappa shape index (κ1) is 15.1. The first-order chi connectivity index (χ1) is 12.1. The van der Waals surface area contributed by atoms with Crippen molar-refractivity contribution >= 4 is 11.3 Å². The molecule has 4 aromatic rings. The van der Waals surface area contributed by atoms with Crippen LogP contribution in [0.1, 0.15) is 12.1 Å². The van der Waals surface area contributed by atoms with Crippen molar-refractivity contribution in [3.8, 4) is 22.6 Å². The Balaban J connectivity index is 1.84. The zero-order valence-electron chi connectivity index (χ0n) is 12.8. The Bertz CT molecular complexity index is 1060. The van der Waals surface area contributed by atoms with Crippen molar-refractivity contribution in [2.75, 3.05) is 5.73 Å². The summed E-state index contributed by atoms with van der Waals surface area (Å²) in [4.78, 5) is 12.7. The highest BCUT2D eigenvalue weighted by Gasteiger charge is 2.14. The number of imidazole rings is 1. The highest BCUT2D eigenvalue weighted by Crippen LogP contribution is 2.25. The minimum Gasteiger partial charge on any atom is -0.399 e. The monoisotopic (exact) mass is 338 g/mol. The smallest absolute Gasteiger partial charge is 0.282 e. The molecular formula is C17H12F2N6. The predicted octanol–water partition coefficient (Wildman–Crippen LogP) is 3.37. The topological polar surface area (TPSA) is 82.0 Å². The highest BCUT2D eigenvalue weighted by molar-refractivity contribution is 5.69. The van der Waals surface area contributed by atoms with E-state index in [-0.39, 0.29) is 5.69 Å². The zero-order valence-corrected chi connectivity index (χ0v) is 12.8. The number of anilines is 1. The number of nitrogens with zero attached hydrogens (tertiary/aromatic N) is 5. The third-order valence-electron chi connectivity index (χ3n) is 3.72. The molecule has 8 heteroatoms. The molecule has 25 heavy (non-hydrogen) atoms. The van der Waals surface area contributed by atoms with Crippen molar-refractivity contribution in [1.82, 2.24) is 24.6 Å². The van der Waals surface area contributed by atoms with E-state index in [0.717, 1.165) is 5.56 Å². The van der Waals surface area contributed by atoms with Crippen LogP contribution in [0.5, 0.6) is 0 Å². The molecule has 0 bridgehead atoms. The maximum atomic E-state index is 12.9. The number of nitrogens with two attached hydrogens (primary N) is 1. The molecule has 124 valence electrons. The number of rotatable bonds is 3. The van der Waals surface area contributed by atoms with Crippen LogP contribution in [0.25, 0.3) is 28.3 Å². The molecule has 0 amide bonds. The lowest BCUT2D eigenvalue weighted by molar-refractivity contribution is 0.144. The summed E-state index contributed by atoms with van der Waals surface area (Å²) in [5.74, 6) is 0. The van der Waals surface area contributed by atoms with Gasteiger partial charge >= 0.3 is 0 Å². The molecule has 0 fully saturated rings.